The van der Waals surface area contributed by atoms with Gasteiger partial charge in [0.25, 0.3) is 0 Å². The van der Waals surface area contributed by atoms with Crippen molar-refractivity contribution in [3.05, 3.63) is 60.2 Å². The van der Waals surface area contributed by atoms with Crippen LogP contribution in [0.25, 0.3) is 0 Å². The van der Waals surface area contributed by atoms with Crippen LogP contribution in [0.4, 0.5) is 5.69 Å². The first-order valence-electron chi connectivity index (χ1n) is 6.34. The Bertz CT molecular complexity index is 537. The van der Waals surface area contributed by atoms with Gasteiger partial charge in [-0.1, -0.05) is 36.4 Å². The molecule has 0 atom stereocenters. The fraction of sp³-hybridized carbons (Fsp3) is 0.188. The van der Waals surface area contributed by atoms with Crippen molar-refractivity contribution >= 4 is 11.5 Å². The molecule has 0 bridgehead atoms. The third-order valence-corrected chi connectivity index (χ3v) is 2.69. The molecular weight excluding hydrogens is 238 g/mol. The quantitative estimate of drug-likeness (QED) is 0.804. The number of hydrogen-bond donors (Lipinski definition) is 1. The number of ketones is 1. The minimum absolute atomic E-state index is 0.0717. The van der Waals surface area contributed by atoms with Gasteiger partial charge in [0, 0.05) is 17.3 Å². The SMILES string of the molecule is CCOc1cccc(NCC(=O)c2ccccc2)c1. The lowest BCUT2D eigenvalue weighted by atomic mass is 10.1. The molecule has 3 nitrogen and oxygen atoms in total. The van der Waals surface area contributed by atoms with Crippen LogP contribution in [0, 0.1) is 0 Å². The van der Waals surface area contributed by atoms with Gasteiger partial charge in [0.05, 0.1) is 13.2 Å². The Balaban J connectivity index is 1.95. The van der Waals surface area contributed by atoms with Gasteiger partial charge in [-0.3, -0.25) is 4.79 Å². The van der Waals surface area contributed by atoms with Crippen molar-refractivity contribution in [2.24, 2.45) is 0 Å². The van der Waals surface area contributed by atoms with E-state index in [9.17, 15) is 4.79 Å². The molecular formula is C16H17NO2. The third-order valence-electron chi connectivity index (χ3n) is 2.69. The van der Waals surface area contributed by atoms with Crippen LogP contribution in [0.5, 0.6) is 5.75 Å². The second kappa shape index (κ2) is 6.59. The molecule has 0 fully saturated rings. The zero-order valence-corrected chi connectivity index (χ0v) is 10.9. The molecule has 0 aliphatic heterocycles. The Morgan fingerprint density at radius 2 is 1.89 bits per heavy atom. The van der Waals surface area contributed by atoms with Crippen molar-refractivity contribution in [2.45, 2.75) is 6.92 Å². The van der Waals surface area contributed by atoms with Crippen molar-refractivity contribution in [3.8, 4) is 5.75 Å². The molecule has 2 aromatic carbocycles. The van der Waals surface area contributed by atoms with E-state index in [-0.39, 0.29) is 12.3 Å². The maximum atomic E-state index is 11.9. The van der Waals surface area contributed by atoms with Gasteiger partial charge in [-0.15, -0.1) is 0 Å². The van der Waals surface area contributed by atoms with Gasteiger partial charge >= 0.3 is 0 Å². The fourth-order valence-electron chi connectivity index (χ4n) is 1.77. The first kappa shape index (κ1) is 13.1. The molecule has 0 radical (unpaired) electrons. The molecule has 0 aromatic heterocycles. The largest absolute Gasteiger partial charge is 0.494 e. The predicted molar refractivity (Wildman–Crippen MR) is 76.9 cm³/mol. The van der Waals surface area contributed by atoms with Crippen LogP contribution in [-0.2, 0) is 0 Å². The Morgan fingerprint density at radius 3 is 2.63 bits per heavy atom. The van der Waals surface area contributed by atoms with Gasteiger partial charge in [-0.25, -0.2) is 0 Å². The first-order chi connectivity index (χ1) is 9.29. The number of anilines is 1. The Labute approximate surface area is 113 Å². The van der Waals surface area contributed by atoms with E-state index in [4.69, 9.17) is 4.74 Å². The molecule has 0 saturated heterocycles. The van der Waals surface area contributed by atoms with Crippen LogP contribution >= 0.6 is 0 Å². The van der Waals surface area contributed by atoms with E-state index in [2.05, 4.69) is 5.32 Å². The van der Waals surface area contributed by atoms with Gasteiger partial charge in [-0.05, 0) is 19.1 Å². The summed E-state index contributed by atoms with van der Waals surface area (Å²) in [4.78, 5) is 11.9. The van der Waals surface area contributed by atoms with E-state index in [1.807, 2.05) is 61.5 Å². The molecule has 1 N–H and O–H groups in total. The van der Waals surface area contributed by atoms with Crippen LogP contribution < -0.4 is 10.1 Å². The van der Waals surface area contributed by atoms with Crippen LogP contribution in [0.2, 0.25) is 0 Å². The standard InChI is InChI=1S/C16H17NO2/c1-2-19-15-10-6-9-14(11-15)17-12-16(18)13-7-4-3-5-8-13/h3-11,17H,2,12H2,1H3. The van der Waals surface area contributed by atoms with Crippen molar-refractivity contribution in [1.29, 1.82) is 0 Å². The number of carbonyl (C=O) groups is 1. The van der Waals surface area contributed by atoms with Crippen molar-refractivity contribution < 1.29 is 9.53 Å². The van der Waals surface area contributed by atoms with Crippen molar-refractivity contribution in [3.63, 3.8) is 0 Å². The summed E-state index contributed by atoms with van der Waals surface area (Å²) in [6.07, 6.45) is 0. The lowest BCUT2D eigenvalue weighted by molar-refractivity contribution is 0.101. The summed E-state index contributed by atoms with van der Waals surface area (Å²) < 4.78 is 5.41. The van der Waals surface area contributed by atoms with Gasteiger partial charge < -0.3 is 10.1 Å². The molecule has 2 aromatic rings. The van der Waals surface area contributed by atoms with Crippen LogP contribution in [0.15, 0.2) is 54.6 Å². The number of rotatable bonds is 6. The molecule has 0 amide bonds. The average Bonchev–Trinajstić information content (AvgIpc) is 2.46. The summed E-state index contributed by atoms with van der Waals surface area (Å²) in [5, 5.41) is 3.11. The summed E-state index contributed by atoms with van der Waals surface area (Å²) >= 11 is 0. The summed E-state index contributed by atoms with van der Waals surface area (Å²) in [7, 11) is 0. The Hall–Kier alpha value is -2.29. The zero-order chi connectivity index (χ0) is 13.5. The van der Waals surface area contributed by atoms with Gasteiger partial charge in [0.1, 0.15) is 5.75 Å². The summed E-state index contributed by atoms with van der Waals surface area (Å²) in [6, 6.07) is 16.9. The maximum Gasteiger partial charge on any atom is 0.181 e. The Kier molecular flexibility index (Phi) is 4.56. The highest BCUT2D eigenvalue weighted by atomic mass is 16.5. The average molecular weight is 255 g/mol. The molecule has 0 aliphatic rings. The summed E-state index contributed by atoms with van der Waals surface area (Å²) in [5.74, 6) is 0.877. The van der Waals surface area contributed by atoms with E-state index in [0.717, 1.165) is 17.0 Å². The molecule has 0 unspecified atom stereocenters. The number of nitrogens with one attached hydrogen (secondary N) is 1. The summed E-state index contributed by atoms with van der Waals surface area (Å²) in [6.45, 7) is 2.85. The lowest BCUT2D eigenvalue weighted by Gasteiger charge is -2.08. The number of carbonyl (C=O) groups excluding carboxylic acids is 1. The molecule has 2 rings (SSSR count). The molecule has 0 aliphatic carbocycles. The monoisotopic (exact) mass is 255 g/mol. The Morgan fingerprint density at radius 1 is 1.11 bits per heavy atom. The predicted octanol–water partition coefficient (Wildman–Crippen LogP) is 3.38. The first-order valence-corrected chi connectivity index (χ1v) is 6.34. The molecule has 3 heteroatoms. The van der Waals surface area contributed by atoms with Crippen LogP contribution in [-0.4, -0.2) is 18.9 Å². The van der Waals surface area contributed by atoms with Gasteiger partial charge in [0.15, 0.2) is 5.78 Å². The minimum atomic E-state index is 0.0717. The fourth-order valence-corrected chi connectivity index (χ4v) is 1.77. The molecule has 0 heterocycles. The van der Waals surface area contributed by atoms with E-state index < -0.39 is 0 Å². The number of hydrogen-bond acceptors (Lipinski definition) is 3. The molecule has 19 heavy (non-hydrogen) atoms. The van der Waals surface area contributed by atoms with Gasteiger partial charge in [0.2, 0.25) is 0 Å². The van der Waals surface area contributed by atoms with E-state index in [0.29, 0.717) is 6.61 Å². The van der Waals surface area contributed by atoms with Crippen molar-refractivity contribution in [2.75, 3.05) is 18.5 Å². The van der Waals surface area contributed by atoms with Crippen LogP contribution in [0.3, 0.4) is 0 Å². The van der Waals surface area contributed by atoms with Gasteiger partial charge in [-0.2, -0.15) is 0 Å². The lowest BCUT2D eigenvalue weighted by Crippen LogP contribution is -2.13. The maximum absolute atomic E-state index is 11.9. The summed E-state index contributed by atoms with van der Waals surface area (Å²) in [5.41, 5.74) is 1.60. The van der Waals surface area contributed by atoms with Crippen LogP contribution in [0.1, 0.15) is 17.3 Å². The number of Topliss-reactive ketones (excluding diaryl/α,β-unsaturated/α-hetero) is 1. The van der Waals surface area contributed by atoms with Crippen molar-refractivity contribution in [1.82, 2.24) is 0 Å². The topological polar surface area (TPSA) is 38.3 Å². The highest BCUT2D eigenvalue weighted by Gasteiger charge is 2.04. The molecule has 0 spiro atoms. The van der Waals surface area contributed by atoms with E-state index >= 15 is 0 Å². The molecule has 98 valence electrons. The smallest absolute Gasteiger partial charge is 0.181 e. The highest BCUT2D eigenvalue weighted by Crippen LogP contribution is 2.17. The number of benzene rings is 2. The highest BCUT2D eigenvalue weighted by molar-refractivity contribution is 5.98. The zero-order valence-electron chi connectivity index (χ0n) is 10.9. The third kappa shape index (κ3) is 3.85. The second-order valence-corrected chi connectivity index (χ2v) is 4.10. The van der Waals surface area contributed by atoms with E-state index in [1.54, 1.807) is 0 Å². The normalized spacial score (nSPS) is 9.95. The number of ether oxygens (including phenoxy) is 1. The minimum Gasteiger partial charge on any atom is -0.494 e. The van der Waals surface area contributed by atoms with E-state index in [1.165, 1.54) is 0 Å². The molecule has 0 saturated carbocycles. The second-order valence-electron chi connectivity index (χ2n) is 4.10.